The number of hydrazone groups is 1. The van der Waals surface area contributed by atoms with Crippen molar-refractivity contribution in [1.82, 2.24) is 9.99 Å². The first-order valence-electron chi connectivity index (χ1n) is 14.5. The number of anilines is 1. The van der Waals surface area contributed by atoms with E-state index in [4.69, 9.17) is 18.6 Å². The van der Waals surface area contributed by atoms with Crippen molar-refractivity contribution in [3.05, 3.63) is 122 Å². The predicted octanol–water partition coefficient (Wildman–Crippen LogP) is 7.89. The molecule has 0 saturated heterocycles. The number of rotatable bonds is 12. The molecular formula is C35H32Br2N4O6. The molecule has 2 heterocycles. The molecule has 12 heteroatoms. The van der Waals surface area contributed by atoms with Gasteiger partial charge in [-0.05, 0) is 119 Å². The number of carbonyl (C=O) groups excluding carboxylic acids is 2. The summed E-state index contributed by atoms with van der Waals surface area (Å²) in [6.45, 7) is 5.95. The fraction of sp³-hybridized carbons (Fsp3) is 0.171. The highest BCUT2D eigenvalue weighted by Crippen LogP contribution is 2.42. The monoisotopic (exact) mass is 762 g/mol. The number of para-hydroxylation sites is 1. The van der Waals surface area contributed by atoms with E-state index in [0.717, 1.165) is 22.6 Å². The van der Waals surface area contributed by atoms with Crippen LogP contribution in [0.4, 0.5) is 5.69 Å². The number of furan rings is 1. The van der Waals surface area contributed by atoms with Gasteiger partial charge in [-0.2, -0.15) is 5.10 Å². The Balaban J connectivity index is 1.15. The van der Waals surface area contributed by atoms with E-state index in [1.54, 1.807) is 18.2 Å². The second-order valence-electron chi connectivity index (χ2n) is 10.5. The summed E-state index contributed by atoms with van der Waals surface area (Å²) < 4.78 is 26.1. The summed E-state index contributed by atoms with van der Waals surface area (Å²) >= 11 is 7.02. The second-order valence-corrected chi connectivity index (χ2v) is 12.1. The number of methoxy groups -OCH3 is 1. The third-order valence-electron chi connectivity index (χ3n) is 7.14. The highest BCUT2D eigenvalue weighted by molar-refractivity contribution is 9.13. The molecule has 0 atom stereocenters. The van der Waals surface area contributed by atoms with Crippen molar-refractivity contribution in [3.63, 3.8) is 0 Å². The van der Waals surface area contributed by atoms with Gasteiger partial charge in [0.1, 0.15) is 18.1 Å². The summed E-state index contributed by atoms with van der Waals surface area (Å²) in [5, 5.41) is 6.90. The fourth-order valence-electron chi connectivity index (χ4n) is 4.74. The Hall–Kier alpha value is -4.81. The minimum absolute atomic E-state index is 0.0835. The molecule has 47 heavy (non-hydrogen) atoms. The molecule has 242 valence electrons. The lowest BCUT2D eigenvalue weighted by molar-refractivity contribution is -0.118. The molecule has 5 rings (SSSR count). The van der Waals surface area contributed by atoms with E-state index in [1.165, 1.54) is 13.3 Å². The third kappa shape index (κ3) is 8.13. The number of aromatic nitrogens is 1. The van der Waals surface area contributed by atoms with E-state index in [9.17, 15) is 9.59 Å². The summed E-state index contributed by atoms with van der Waals surface area (Å²) in [5.74, 6) is 1.08. The van der Waals surface area contributed by atoms with Crippen LogP contribution in [0, 0.1) is 20.8 Å². The standard InChI is InChI=1S/C35H32Br2N4O6/c1-21-7-5-6-8-28(21)39-31(42)20-46-34-30(44-4)17-24(32(36)33(34)37)18-38-40-35(43)29-16-15-27(47-29)19-45-26-13-11-25(12-14-26)41-22(2)9-10-23(41)3/h5-18H,19-20H2,1-4H3,(H,39,42)(H,40,43)/b38-18+. The molecule has 2 N–H and O–H groups in total. The summed E-state index contributed by atoms with van der Waals surface area (Å²) in [4.78, 5) is 25.2. The molecule has 0 aliphatic heterocycles. The van der Waals surface area contributed by atoms with Crippen molar-refractivity contribution < 1.29 is 28.2 Å². The molecule has 2 aromatic heterocycles. The number of benzene rings is 3. The Bertz CT molecular complexity index is 1910. The van der Waals surface area contributed by atoms with Gasteiger partial charge in [0.2, 0.25) is 0 Å². The Morgan fingerprint density at radius 2 is 1.64 bits per heavy atom. The molecule has 0 unspecified atom stereocenters. The van der Waals surface area contributed by atoms with E-state index in [-0.39, 0.29) is 24.9 Å². The molecule has 0 aliphatic rings. The molecule has 3 aromatic carbocycles. The average Bonchev–Trinajstić information content (AvgIpc) is 3.68. The average molecular weight is 764 g/mol. The zero-order valence-corrected chi connectivity index (χ0v) is 29.3. The molecule has 0 radical (unpaired) electrons. The van der Waals surface area contributed by atoms with Gasteiger partial charge >= 0.3 is 5.91 Å². The van der Waals surface area contributed by atoms with Crippen LogP contribution in [0.3, 0.4) is 0 Å². The molecule has 0 bridgehead atoms. The van der Waals surface area contributed by atoms with Crippen LogP contribution in [-0.4, -0.2) is 36.3 Å². The van der Waals surface area contributed by atoms with Gasteiger partial charge in [-0.15, -0.1) is 0 Å². The number of halogens is 2. The molecule has 2 amide bonds. The number of ether oxygens (including phenoxy) is 3. The fourth-order valence-corrected chi connectivity index (χ4v) is 5.67. The maximum absolute atomic E-state index is 12.7. The maximum atomic E-state index is 12.7. The van der Waals surface area contributed by atoms with Crippen molar-refractivity contribution >= 4 is 55.6 Å². The van der Waals surface area contributed by atoms with Crippen molar-refractivity contribution in [3.8, 4) is 22.9 Å². The van der Waals surface area contributed by atoms with E-state index < -0.39 is 5.91 Å². The minimum atomic E-state index is -0.531. The Kier molecular flexibility index (Phi) is 10.8. The highest BCUT2D eigenvalue weighted by Gasteiger charge is 2.18. The molecule has 0 saturated carbocycles. The van der Waals surface area contributed by atoms with E-state index >= 15 is 0 Å². The van der Waals surface area contributed by atoms with E-state index in [0.29, 0.717) is 43.2 Å². The van der Waals surface area contributed by atoms with Crippen LogP contribution in [0.5, 0.6) is 17.2 Å². The van der Waals surface area contributed by atoms with Gasteiger partial charge in [-0.3, -0.25) is 9.59 Å². The first kappa shape index (κ1) is 33.6. The van der Waals surface area contributed by atoms with Crippen molar-refractivity contribution in [1.29, 1.82) is 0 Å². The number of nitrogens with one attached hydrogen (secondary N) is 2. The molecule has 5 aromatic rings. The van der Waals surface area contributed by atoms with Gasteiger partial charge in [0, 0.05) is 32.8 Å². The summed E-state index contributed by atoms with van der Waals surface area (Å²) in [6, 6.07) is 24.3. The third-order valence-corrected chi connectivity index (χ3v) is 9.29. The zero-order valence-electron chi connectivity index (χ0n) is 26.1. The lowest BCUT2D eigenvalue weighted by atomic mass is 10.2. The summed E-state index contributed by atoms with van der Waals surface area (Å²) in [7, 11) is 1.48. The second kappa shape index (κ2) is 15.2. The van der Waals surface area contributed by atoms with Crippen LogP contribution < -0.4 is 25.0 Å². The Morgan fingerprint density at radius 1 is 0.915 bits per heavy atom. The number of carbonyl (C=O) groups is 2. The van der Waals surface area contributed by atoms with Crippen molar-refractivity contribution in [2.24, 2.45) is 5.10 Å². The lowest BCUT2D eigenvalue weighted by Gasteiger charge is -2.15. The van der Waals surface area contributed by atoms with Crippen molar-refractivity contribution in [2.45, 2.75) is 27.4 Å². The number of nitrogens with zero attached hydrogens (tertiary/aromatic N) is 2. The van der Waals surface area contributed by atoms with Gasteiger partial charge in [-0.25, -0.2) is 5.43 Å². The smallest absolute Gasteiger partial charge is 0.307 e. The van der Waals surface area contributed by atoms with Crippen molar-refractivity contribution in [2.75, 3.05) is 19.0 Å². The van der Waals surface area contributed by atoms with Crippen LogP contribution in [0.15, 0.2) is 97.3 Å². The van der Waals surface area contributed by atoms with Crippen LogP contribution in [0.2, 0.25) is 0 Å². The number of hydrogen-bond donors (Lipinski definition) is 2. The van der Waals surface area contributed by atoms with Crippen LogP contribution in [0.1, 0.15) is 38.8 Å². The van der Waals surface area contributed by atoms with Gasteiger partial charge in [-0.1, -0.05) is 18.2 Å². The van der Waals surface area contributed by atoms with Gasteiger partial charge in [0.25, 0.3) is 5.91 Å². The number of amides is 2. The summed E-state index contributed by atoms with van der Waals surface area (Å²) in [6.07, 6.45) is 1.44. The normalized spacial score (nSPS) is 11.0. The maximum Gasteiger partial charge on any atom is 0.307 e. The lowest BCUT2D eigenvalue weighted by Crippen LogP contribution is -2.21. The zero-order chi connectivity index (χ0) is 33.5. The highest BCUT2D eigenvalue weighted by atomic mass is 79.9. The number of hydrogen-bond acceptors (Lipinski definition) is 7. The van der Waals surface area contributed by atoms with Crippen LogP contribution in [-0.2, 0) is 11.4 Å². The molecule has 0 aliphatic carbocycles. The molecule has 0 fully saturated rings. The minimum Gasteiger partial charge on any atom is -0.493 e. The Morgan fingerprint density at radius 3 is 2.34 bits per heavy atom. The number of aryl methyl sites for hydroxylation is 3. The van der Waals surface area contributed by atoms with Gasteiger partial charge < -0.3 is 28.5 Å². The van der Waals surface area contributed by atoms with E-state index in [2.05, 4.69) is 78.3 Å². The van der Waals surface area contributed by atoms with Crippen LogP contribution in [0.25, 0.3) is 5.69 Å². The molecule has 0 spiro atoms. The molecule has 10 nitrogen and oxygen atoms in total. The first-order valence-corrected chi connectivity index (χ1v) is 16.1. The predicted molar refractivity (Wildman–Crippen MR) is 187 cm³/mol. The quantitative estimate of drug-likeness (QED) is 0.0987. The molecular weight excluding hydrogens is 732 g/mol. The SMILES string of the molecule is COc1cc(/C=N/NC(=O)c2ccc(COc3ccc(-n4c(C)ccc4C)cc3)o2)c(Br)c(Br)c1OCC(=O)Nc1ccccc1C. The largest absolute Gasteiger partial charge is 0.493 e. The summed E-state index contributed by atoms with van der Waals surface area (Å²) in [5.41, 5.74) is 8.05. The topological polar surface area (TPSA) is 116 Å². The van der Waals surface area contributed by atoms with Crippen LogP contribution >= 0.6 is 31.9 Å². The van der Waals surface area contributed by atoms with Gasteiger partial charge in [0.15, 0.2) is 23.9 Å². The van der Waals surface area contributed by atoms with E-state index in [1.807, 2.05) is 55.5 Å². The van der Waals surface area contributed by atoms with Gasteiger partial charge in [0.05, 0.1) is 17.8 Å². The first-order chi connectivity index (χ1) is 22.6. The Labute approximate surface area is 289 Å².